The maximum Gasteiger partial charge on any atom is 0.225 e. The molecule has 154 valence electrons. The molecule has 0 N–H and O–H groups in total. The van der Waals surface area contributed by atoms with Gasteiger partial charge in [-0.3, -0.25) is 4.99 Å². The Kier molecular flexibility index (Phi) is 5.38. The Morgan fingerprint density at radius 1 is 1.14 bits per heavy atom. The molecule has 0 saturated carbocycles. The zero-order valence-corrected chi connectivity index (χ0v) is 17.8. The molecular formula is C23H30FN5. The summed E-state index contributed by atoms with van der Waals surface area (Å²) in [6.45, 7) is 11.2. The van der Waals surface area contributed by atoms with Crippen molar-refractivity contribution in [2.24, 2.45) is 16.3 Å². The molecular weight excluding hydrogens is 365 g/mol. The fourth-order valence-electron chi connectivity index (χ4n) is 3.97. The molecule has 2 aromatic rings. The Hall–Kier alpha value is -2.34. The predicted molar refractivity (Wildman–Crippen MR) is 116 cm³/mol. The van der Waals surface area contributed by atoms with Gasteiger partial charge in [-0.05, 0) is 24.4 Å². The molecule has 1 aromatic carbocycles. The van der Waals surface area contributed by atoms with Crippen molar-refractivity contribution in [3.05, 3.63) is 42.0 Å². The minimum absolute atomic E-state index is 0.0329. The summed E-state index contributed by atoms with van der Waals surface area (Å²) < 4.78 is 15.0. The third-order valence-electron chi connectivity index (χ3n) is 5.49. The van der Waals surface area contributed by atoms with Crippen LogP contribution in [0.5, 0.6) is 0 Å². The Labute approximate surface area is 172 Å². The molecule has 1 aromatic heterocycles. The number of rotatable bonds is 5. The van der Waals surface area contributed by atoms with Crippen molar-refractivity contribution in [1.82, 2.24) is 14.9 Å². The molecule has 0 atom stereocenters. The first-order chi connectivity index (χ1) is 13.8. The van der Waals surface area contributed by atoms with E-state index in [1.54, 1.807) is 18.5 Å². The third kappa shape index (κ3) is 4.64. The number of hydrogen-bond acceptors (Lipinski definition) is 5. The van der Waals surface area contributed by atoms with Crippen LogP contribution < -0.4 is 4.90 Å². The van der Waals surface area contributed by atoms with Crippen molar-refractivity contribution < 1.29 is 4.39 Å². The number of benzene rings is 1. The quantitative estimate of drug-likeness (QED) is 0.775. The molecule has 4 rings (SSSR count). The highest BCUT2D eigenvalue weighted by molar-refractivity contribution is 5.99. The first-order valence-electron chi connectivity index (χ1n) is 10.3. The van der Waals surface area contributed by atoms with E-state index < -0.39 is 0 Å². The van der Waals surface area contributed by atoms with Crippen LogP contribution in [0.2, 0.25) is 0 Å². The summed E-state index contributed by atoms with van der Waals surface area (Å²) in [4.78, 5) is 18.1. The molecule has 2 fully saturated rings. The highest BCUT2D eigenvalue weighted by atomic mass is 19.1. The maximum atomic E-state index is 15.0. The van der Waals surface area contributed by atoms with E-state index in [4.69, 9.17) is 4.99 Å². The van der Waals surface area contributed by atoms with E-state index in [-0.39, 0.29) is 11.2 Å². The smallest absolute Gasteiger partial charge is 0.225 e. The van der Waals surface area contributed by atoms with Gasteiger partial charge < -0.3 is 9.80 Å². The van der Waals surface area contributed by atoms with Gasteiger partial charge in [0.05, 0.1) is 18.8 Å². The second-order valence-corrected chi connectivity index (χ2v) is 9.64. The van der Waals surface area contributed by atoms with Crippen molar-refractivity contribution in [3.63, 3.8) is 0 Å². The van der Waals surface area contributed by atoms with Gasteiger partial charge in [-0.25, -0.2) is 14.4 Å². The number of likely N-dealkylation sites (tertiary alicyclic amines) is 1. The van der Waals surface area contributed by atoms with Gasteiger partial charge in [0.15, 0.2) is 0 Å². The third-order valence-corrected chi connectivity index (χ3v) is 5.49. The Morgan fingerprint density at radius 2 is 1.83 bits per heavy atom. The van der Waals surface area contributed by atoms with E-state index >= 15 is 0 Å². The molecule has 0 aliphatic carbocycles. The SMILES string of the molecule is CN1CC(CN=C2CN(c3ncc(-c4cccc(CC(C)(C)C)c4F)cn3)C2)C1. The maximum absolute atomic E-state index is 15.0. The fourth-order valence-corrected chi connectivity index (χ4v) is 3.97. The van der Waals surface area contributed by atoms with Gasteiger partial charge in [0.25, 0.3) is 0 Å². The molecule has 3 heterocycles. The summed E-state index contributed by atoms with van der Waals surface area (Å²) in [5, 5.41) is 0. The number of aromatic nitrogens is 2. The minimum atomic E-state index is -0.168. The Balaban J connectivity index is 1.39. The second kappa shape index (κ2) is 7.82. The van der Waals surface area contributed by atoms with E-state index in [1.165, 1.54) is 5.71 Å². The van der Waals surface area contributed by atoms with Gasteiger partial charge in [-0.15, -0.1) is 0 Å². The lowest BCUT2D eigenvalue weighted by atomic mass is 9.87. The number of halogens is 1. The lowest BCUT2D eigenvalue weighted by Crippen LogP contribution is -2.50. The predicted octanol–water partition coefficient (Wildman–Crippen LogP) is 3.69. The van der Waals surface area contributed by atoms with E-state index in [0.29, 0.717) is 29.4 Å². The number of anilines is 1. The van der Waals surface area contributed by atoms with Gasteiger partial charge in [-0.1, -0.05) is 39.0 Å². The summed E-state index contributed by atoms with van der Waals surface area (Å²) in [5.41, 5.74) is 3.26. The van der Waals surface area contributed by atoms with Crippen LogP contribution in [0.3, 0.4) is 0 Å². The van der Waals surface area contributed by atoms with E-state index in [1.807, 2.05) is 12.1 Å². The van der Waals surface area contributed by atoms with Crippen LogP contribution in [0.15, 0.2) is 35.6 Å². The molecule has 0 radical (unpaired) electrons. The average molecular weight is 396 g/mol. The first-order valence-corrected chi connectivity index (χ1v) is 10.3. The Morgan fingerprint density at radius 3 is 2.45 bits per heavy atom. The lowest BCUT2D eigenvalue weighted by molar-refractivity contribution is 0.141. The van der Waals surface area contributed by atoms with Crippen LogP contribution in [0, 0.1) is 17.2 Å². The summed E-state index contributed by atoms with van der Waals surface area (Å²) in [7, 11) is 2.14. The van der Waals surface area contributed by atoms with Gasteiger partial charge in [0.1, 0.15) is 5.82 Å². The van der Waals surface area contributed by atoms with Crippen LogP contribution >= 0.6 is 0 Å². The zero-order valence-electron chi connectivity index (χ0n) is 17.8. The van der Waals surface area contributed by atoms with Crippen LogP contribution in [-0.4, -0.2) is 60.4 Å². The second-order valence-electron chi connectivity index (χ2n) is 9.64. The van der Waals surface area contributed by atoms with Crippen molar-refractivity contribution in [1.29, 1.82) is 0 Å². The molecule has 0 amide bonds. The fraction of sp³-hybridized carbons (Fsp3) is 0.522. The highest BCUT2D eigenvalue weighted by Crippen LogP contribution is 2.29. The number of nitrogens with zero attached hydrogens (tertiary/aromatic N) is 5. The van der Waals surface area contributed by atoms with Gasteiger partial charge in [0, 0.05) is 49.1 Å². The summed E-state index contributed by atoms with van der Waals surface area (Å²) in [6, 6.07) is 5.57. The van der Waals surface area contributed by atoms with E-state index in [2.05, 4.69) is 47.6 Å². The van der Waals surface area contributed by atoms with Crippen LogP contribution in [0.25, 0.3) is 11.1 Å². The summed E-state index contributed by atoms with van der Waals surface area (Å²) in [6.07, 6.45) is 4.14. The van der Waals surface area contributed by atoms with Crippen LogP contribution in [0.4, 0.5) is 10.3 Å². The summed E-state index contributed by atoms with van der Waals surface area (Å²) >= 11 is 0. The Bertz CT molecular complexity index is 886. The monoisotopic (exact) mass is 395 g/mol. The number of hydrogen-bond donors (Lipinski definition) is 0. The lowest BCUT2D eigenvalue weighted by Gasteiger charge is -2.37. The molecule has 5 nitrogen and oxygen atoms in total. The molecule has 2 saturated heterocycles. The van der Waals surface area contributed by atoms with E-state index in [9.17, 15) is 4.39 Å². The van der Waals surface area contributed by atoms with Gasteiger partial charge >= 0.3 is 0 Å². The van der Waals surface area contributed by atoms with Gasteiger partial charge in [-0.2, -0.15) is 0 Å². The molecule has 2 aliphatic heterocycles. The molecule has 29 heavy (non-hydrogen) atoms. The normalized spacial score (nSPS) is 17.8. The average Bonchev–Trinajstić information content (AvgIpc) is 2.60. The van der Waals surface area contributed by atoms with Crippen LogP contribution in [-0.2, 0) is 6.42 Å². The zero-order chi connectivity index (χ0) is 20.6. The topological polar surface area (TPSA) is 44.6 Å². The number of aliphatic imine (C=N–C) groups is 1. The highest BCUT2D eigenvalue weighted by Gasteiger charge is 2.27. The molecule has 0 spiro atoms. The van der Waals surface area contributed by atoms with Crippen molar-refractivity contribution >= 4 is 11.7 Å². The first kappa shape index (κ1) is 20.0. The molecule has 0 unspecified atom stereocenters. The molecule has 0 bridgehead atoms. The van der Waals surface area contributed by atoms with Gasteiger partial charge in [0.2, 0.25) is 5.95 Å². The van der Waals surface area contributed by atoms with Crippen molar-refractivity contribution in [3.8, 4) is 11.1 Å². The largest absolute Gasteiger partial charge is 0.330 e. The summed E-state index contributed by atoms with van der Waals surface area (Å²) in [5.74, 6) is 1.22. The standard InChI is InChI=1S/C23H30FN5/c1-23(2,3)8-17-6-5-7-20(21(17)24)18-10-26-22(27-11-18)29-14-19(15-29)25-9-16-12-28(4)13-16/h5-7,10-11,16H,8-9,12-15H2,1-4H3. The van der Waals surface area contributed by atoms with Crippen LogP contribution in [0.1, 0.15) is 26.3 Å². The molecule has 6 heteroatoms. The minimum Gasteiger partial charge on any atom is -0.330 e. The van der Waals surface area contributed by atoms with Crippen molar-refractivity contribution in [2.45, 2.75) is 27.2 Å². The van der Waals surface area contributed by atoms with E-state index in [0.717, 1.165) is 38.3 Å². The van der Waals surface area contributed by atoms with Crippen molar-refractivity contribution in [2.75, 3.05) is 44.7 Å². The molecule has 2 aliphatic rings.